The molecular formula is C8H13NO. The third kappa shape index (κ3) is 2.21. The smallest absolute Gasteiger partial charge is 0.224 e. The molecule has 0 spiro atoms. The van der Waals surface area contributed by atoms with Gasteiger partial charge < -0.3 is 5.32 Å². The first kappa shape index (κ1) is 7.32. The van der Waals surface area contributed by atoms with Crippen LogP contribution in [0.5, 0.6) is 0 Å². The Kier molecular flexibility index (Phi) is 2.49. The molecule has 1 aliphatic rings. The van der Waals surface area contributed by atoms with E-state index in [0.29, 0.717) is 6.42 Å². The number of carbonyl (C=O) groups is 1. The van der Waals surface area contributed by atoms with Crippen molar-refractivity contribution >= 4 is 5.91 Å². The molecule has 56 valence electrons. The van der Waals surface area contributed by atoms with Crippen LogP contribution in [0.2, 0.25) is 0 Å². The number of allylic oxidation sites excluding steroid dienone is 1. The van der Waals surface area contributed by atoms with Crippen LogP contribution in [0.3, 0.4) is 0 Å². The highest BCUT2D eigenvalue weighted by Gasteiger charge is 2.03. The lowest BCUT2D eigenvalue weighted by Crippen LogP contribution is -2.25. The fraction of sp³-hybridized carbons (Fsp3) is 0.625. The molecule has 2 nitrogen and oxygen atoms in total. The fourth-order valence-electron chi connectivity index (χ4n) is 1.07. The molecule has 0 aromatic carbocycles. The third-order valence-corrected chi connectivity index (χ3v) is 1.64. The van der Waals surface area contributed by atoms with E-state index in [-0.39, 0.29) is 5.91 Å². The van der Waals surface area contributed by atoms with Crippen LogP contribution in [0.15, 0.2) is 11.6 Å². The second-order valence-electron chi connectivity index (χ2n) is 2.72. The van der Waals surface area contributed by atoms with Gasteiger partial charge >= 0.3 is 0 Å². The summed E-state index contributed by atoms with van der Waals surface area (Å²) in [5, 5.41) is 2.84. The maximum absolute atomic E-state index is 10.9. The van der Waals surface area contributed by atoms with Crippen LogP contribution in [0.1, 0.15) is 26.2 Å². The number of hydrogen-bond acceptors (Lipinski definition) is 1. The third-order valence-electron chi connectivity index (χ3n) is 1.64. The molecule has 0 saturated heterocycles. The second kappa shape index (κ2) is 3.40. The summed E-state index contributed by atoms with van der Waals surface area (Å²) in [7, 11) is 0. The van der Waals surface area contributed by atoms with E-state index in [1.54, 1.807) is 0 Å². The zero-order valence-corrected chi connectivity index (χ0v) is 6.31. The van der Waals surface area contributed by atoms with Crippen LogP contribution in [-0.4, -0.2) is 12.5 Å². The summed E-state index contributed by atoms with van der Waals surface area (Å²) in [6, 6.07) is 0. The lowest BCUT2D eigenvalue weighted by molar-refractivity contribution is -0.120. The highest BCUT2D eigenvalue weighted by molar-refractivity contribution is 5.78. The van der Waals surface area contributed by atoms with Crippen LogP contribution in [0, 0.1) is 0 Å². The molecule has 0 saturated carbocycles. The minimum absolute atomic E-state index is 0.161. The number of carbonyl (C=O) groups excluding carboxylic acids is 1. The highest BCUT2D eigenvalue weighted by atomic mass is 16.1. The van der Waals surface area contributed by atoms with Crippen LogP contribution in [-0.2, 0) is 4.79 Å². The maximum Gasteiger partial charge on any atom is 0.224 e. The summed E-state index contributed by atoms with van der Waals surface area (Å²) < 4.78 is 0. The number of hydrogen-bond donors (Lipinski definition) is 1. The molecule has 1 aliphatic heterocycles. The van der Waals surface area contributed by atoms with Gasteiger partial charge in [-0.3, -0.25) is 4.79 Å². The van der Waals surface area contributed by atoms with Gasteiger partial charge in [0.05, 0.1) is 0 Å². The first-order valence-corrected chi connectivity index (χ1v) is 3.71. The van der Waals surface area contributed by atoms with E-state index in [2.05, 4.69) is 11.4 Å². The van der Waals surface area contributed by atoms with E-state index in [1.165, 1.54) is 5.57 Å². The average molecular weight is 139 g/mol. The Labute approximate surface area is 61.3 Å². The first-order chi connectivity index (χ1) is 4.79. The molecule has 1 N–H and O–H groups in total. The fourth-order valence-corrected chi connectivity index (χ4v) is 1.07. The van der Waals surface area contributed by atoms with Crippen molar-refractivity contribution in [3.05, 3.63) is 11.6 Å². The predicted octanol–water partition coefficient (Wildman–Crippen LogP) is 1.23. The summed E-state index contributed by atoms with van der Waals surface area (Å²) >= 11 is 0. The van der Waals surface area contributed by atoms with Crippen molar-refractivity contribution in [3.8, 4) is 0 Å². The normalized spacial score (nSPS) is 25.7. The van der Waals surface area contributed by atoms with E-state index in [9.17, 15) is 4.79 Å². The predicted molar refractivity (Wildman–Crippen MR) is 40.6 cm³/mol. The molecule has 1 heterocycles. The van der Waals surface area contributed by atoms with Crippen LogP contribution in [0.4, 0.5) is 0 Å². The zero-order chi connectivity index (χ0) is 7.40. The minimum Gasteiger partial charge on any atom is -0.356 e. The molecule has 2 heteroatoms. The van der Waals surface area contributed by atoms with E-state index in [4.69, 9.17) is 0 Å². The summed E-state index contributed by atoms with van der Waals surface area (Å²) in [6.45, 7) is 2.84. The van der Waals surface area contributed by atoms with E-state index >= 15 is 0 Å². The molecule has 0 fully saturated rings. The van der Waals surface area contributed by atoms with Crippen molar-refractivity contribution in [1.82, 2.24) is 5.32 Å². The van der Waals surface area contributed by atoms with E-state index in [0.717, 1.165) is 19.4 Å². The van der Waals surface area contributed by atoms with Gasteiger partial charge in [-0.05, 0) is 19.8 Å². The largest absolute Gasteiger partial charge is 0.356 e. The maximum atomic E-state index is 10.9. The van der Waals surface area contributed by atoms with Crippen molar-refractivity contribution in [1.29, 1.82) is 0 Å². The molecule has 1 rings (SSSR count). The summed E-state index contributed by atoms with van der Waals surface area (Å²) in [6.07, 6.45) is 4.91. The molecule has 0 atom stereocenters. The molecule has 10 heavy (non-hydrogen) atoms. The molecule has 0 radical (unpaired) electrons. The van der Waals surface area contributed by atoms with Crippen LogP contribution in [0.25, 0.3) is 0 Å². The van der Waals surface area contributed by atoms with Crippen LogP contribution >= 0.6 is 0 Å². The standard InChI is InChI=1S/C8H13NO/c1-7-4-2-3-5-9-8(10)6-7/h4H,2-3,5-6H2,1H3,(H,9,10)/b7-4+. The molecule has 0 unspecified atom stereocenters. The van der Waals surface area contributed by atoms with Gasteiger partial charge in [0.25, 0.3) is 0 Å². The van der Waals surface area contributed by atoms with Crippen molar-refractivity contribution in [2.75, 3.05) is 6.54 Å². The monoisotopic (exact) mass is 139 g/mol. The lowest BCUT2D eigenvalue weighted by Gasteiger charge is -2.08. The van der Waals surface area contributed by atoms with Crippen molar-refractivity contribution in [2.45, 2.75) is 26.2 Å². The Balaban J connectivity index is 2.51. The Morgan fingerprint density at radius 1 is 1.60 bits per heavy atom. The Morgan fingerprint density at radius 3 is 3.20 bits per heavy atom. The van der Waals surface area contributed by atoms with Crippen molar-refractivity contribution in [2.24, 2.45) is 0 Å². The SMILES string of the molecule is C/C1=C\CCCNC(=O)C1. The van der Waals surface area contributed by atoms with Gasteiger partial charge in [0, 0.05) is 13.0 Å². The lowest BCUT2D eigenvalue weighted by atomic mass is 10.1. The average Bonchev–Trinajstić information content (AvgIpc) is 1.83. The van der Waals surface area contributed by atoms with Gasteiger partial charge in [0.2, 0.25) is 5.91 Å². The molecule has 0 aromatic rings. The Morgan fingerprint density at radius 2 is 2.40 bits per heavy atom. The van der Waals surface area contributed by atoms with Crippen molar-refractivity contribution < 1.29 is 4.79 Å². The zero-order valence-electron chi connectivity index (χ0n) is 6.31. The van der Waals surface area contributed by atoms with Crippen LogP contribution < -0.4 is 5.32 Å². The molecular weight excluding hydrogens is 126 g/mol. The quantitative estimate of drug-likeness (QED) is 0.502. The molecule has 0 aliphatic carbocycles. The highest BCUT2D eigenvalue weighted by Crippen LogP contribution is 2.05. The summed E-state index contributed by atoms with van der Waals surface area (Å²) in [5.41, 5.74) is 1.19. The van der Waals surface area contributed by atoms with Gasteiger partial charge in [0.1, 0.15) is 0 Å². The molecule has 1 amide bonds. The Bertz CT molecular complexity index is 161. The van der Waals surface area contributed by atoms with E-state index < -0.39 is 0 Å². The van der Waals surface area contributed by atoms with E-state index in [1.807, 2.05) is 6.92 Å². The van der Waals surface area contributed by atoms with Gasteiger partial charge in [-0.15, -0.1) is 0 Å². The topological polar surface area (TPSA) is 29.1 Å². The first-order valence-electron chi connectivity index (χ1n) is 3.71. The Hall–Kier alpha value is -0.790. The number of rotatable bonds is 0. The molecule has 0 bridgehead atoms. The van der Waals surface area contributed by atoms with Gasteiger partial charge in [-0.1, -0.05) is 11.6 Å². The van der Waals surface area contributed by atoms with Gasteiger partial charge in [-0.2, -0.15) is 0 Å². The van der Waals surface area contributed by atoms with Crippen molar-refractivity contribution in [3.63, 3.8) is 0 Å². The molecule has 0 aromatic heterocycles. The van der Waals surface area contributed by atoms with Gasteiger partial charge in [0.15, 0.2) is 0 Å². The second-order valence-corrected chi connectivity index (χ2v) is 2.72. The van der Waals surface area contributed by atoms with Gasteiger partial charge in [-0.25, -0.2) is 0 Å². The summed E-state index contributed by atoms with van der Waals surface area (Å²) in [4.78, 5) is 10.9. The minimum atomic E-state index is 0.161. The number of nitrogens with one attached hydrogen (secondary N) is 1. The summed E-state index contributed by atoms with van der Waals surface area (Å²) in [5.74, 6) is 0.161. The number of amides is 1.